The average Bonchev–Trinajstić information content (AvgIpc) is 3.39. The summed E-state index contributed by atoms with van der Waals surface area (Å²) in [5.74, 6) is -1.47. The molecule has 0 aromatic carbocycles. The van der Waals surface area contributed by atoms with Gasteiger partial charge in [0.2, 0.25) is 0 Å². The third kappa shape index (κ3) is 54.2. The Labute approximate surface area is 453 Å². The van der Waals surface area contributed by atoms with Crippen LogP contribution in [0.25, 0.3) is 0 Å². The van der Waals surface area contributed by atoms with Crippen LogP contribution in [-0.2, 0) is 42.2 Å². The normalized spacial score (nSPS) is 13.6. The Hall–Kier alpha value is -2.56. The third-order valence-corrected chi connectivity index (χ3v) is 14.2. The highest BCUT2D eigenvalue weighted by atomic mass is 31.2. The molecule has 74 heavy (non-hydrogen) atoms. The zero-order valence-corrected chi connectivity index (χ0v) is 48.7. The number of phosphoric ester groups is 1. The van der Waals surface area contributed by atoms with E-state index in [4.69, 9.17) is 23.3 Å². The Morgan fingerprint density at radius 2 is 0.703 bits per heavy atom. The fourth-order valence-corrected chi connectivity index (χ4v) is 9.39. The SMILES string of the molecule is CC/C=C\C/C=C\C/C=C\CCCCCCCCCC(=O)OC(COC(=O)CCCCCCC/C=C\CCCCCCCC)COP(=O)(O)OCC(CO)OC(=O)CCCCCCCCCCCCCCCCC. The number of phosphoric acid groups is 1. The lowest BCUT2D eigenvalue weighted by Crippen LogP contribution is -2.30. The molecule has 12 heteroatoms. The monoisotopic (exact) mass is 1060 g/mol. The Bertz CT molecular complexity index is 1430. The number of allylic oxidation sites excluding steroid dienone is 8. The molecule has 0 radical (unpaired) electrons. The van der Waals surface area contributed by atoms with Crippen LogP contribution in [-0.4, -0.2) is 66.5 Å². The molecular formula is C62H113O11P. The van der Waals surface area contributed by atoms with Crippen molar-refractivity contribution in [3.8, 4) is 0 Å². The van der Waals surface area contributed by atoms with Gasteiger partial charge in [0, 0.05) is 19.3 Å². The van der Waals surface area contributed by atoms with Gasteiger partial charge < -0.3 is 24.2 Å². The molecule has 11 nitrogen and oxygen atoms in total. The van der Waals surface area contributed by atoms with Crippen molar-refractivity contribution in [1.29, 1.82) is 0 Å². The van der Waals surface area contributed by atoms with Crippen molar-refractivity contribution in [2.45, 2.75) is 303 Å². The van der Waals surface area contributed by atoms with Gasteiger partial charge in [0.1, 0.15) is 12.7 Å². The molecule has 432 valence electrons. The first-order valence-corrected chi connectivity index (χ1v) is 32.0. The van der Waals surface area contributed by atoms with Crippen LogP contribution < -0.4 is 0 Å². The number of ether oxygens (including phenoxy) is 3. The smallest absolute Gasteiger partial charge is 0.462 e. The molecule has 2 N–H and O–H groups in total. The molecule has 0 aliphatic rings. The molecule has 0 amide bonds. The molecule has 0 aliphatic carbocycles. The summed E-state index contributed by atoms with van der Waals surface area (Å²) in [6.45, 7) is 4.56. The van der Waals surface area contributed by atoms with Crippen LogP contribution in [0.1, 0.15) is 290 Å². The van der Waals surface area contributed by atoms with Gasteiger partial charge in [0.05, 0.1) is 19.8 Å². The minimum absolute atomic E-state index is 0.156. The Kier molecular flexibility index (Phi) is 54.7. The van der Waals surface area contributed by atoms with E-state index in [1.54, 1.807) is 0 Å². The summed E-state index contributed by atoms with van der Waals surface area (Å²) in [7, 11) is -4.75. The van der Waals surface area contributed by atoms with Crippen molar-refractivity contribution in [1.82, 2.24) is 0 Å². The van der Waals surface area contributed by atoms with E-state index in [2.05, 4.69) is 69.4 Å². The van der Waals surface area contributed by atoms with Crippen LogP contribution in [0.2, 0.25) is 0 Å². The first-order valence-electron chi connectivity index (χ1n) is 30.5. The summed E-state index contributed by atoms with van der Waals surface area (Å²) >= 11 is 0. The van der Waals surface area contributed by atoms with E-state index in [9.17, 15) is 28.9 Å². The lowest BCUT2D eigenvalue weighted by molar-refractivity contribution is -0.161. The van der Waals surface area contributed by atoms with Crippen LogP contribution in [0.15, 0.2) is 48.6 Å². The maximum atomic E-state index is 12.9. The minimum Gasteiger partial charge on any atom is -0.462 e. The van der Waals surface area contributed by atoms with Gasteiger partial charge in [-0.15, -0.1) is 0 Å². The zero-order chi connectivity index (χ0) is 54.1. The quantitative estimate of drug-likeness (QED) is 0.0197. The number of hydrogen-bond acceptors (Lipinski definition) is 10. The van der Waals surface area contributed by atoms with Crippen molar-refractivity contribution in [3.05, 3.63) is 48.6 Å². The van der Waals surface area contributed by atoms with Gasteiger partial charge in [-0.1, -0.05) is 243 Å². The predicted molar refractivity (Wildman–Crippen MR) is 307 cm³/mol. The maximum absolute atomic E-state index is 12.9. The molecule has 0 aromatic rings. The highest BCUT2D eigenvalue weighted by molar-refractivity contribution is 7.47. The molecule has 0 saturated carbocycles. The predicted octanol–water partition coefficient (Wildman–Crippen LogP) is 18.1. The molecular weight excluding hydrogens is 952 g/mol. The van der Waals surface area contributed by atoms with Gasteiger partial charge in [-0.05, 0) is 77.0 Å². The molecule has 0 heterocycles. The standard InChI is InChI=1S/C62H113O11P/c1-4-7-10-13-16-19-22-25-28-29-32-35-38-41-44-47-50-53-62(66)73-59(55-69-60(64)51-48-45-42-39-36-33-30-26-23-20-17-14-11-8-5-2)57-71-74(67,68)70-56-58(54-63)72-61(65)52-49-46-43-40-37-34-31-27-24-21-18-15-12-9-6-3/h7,10,16,19,25-26,28,30,58-59,63H,4-6,8-9,11-15,17-18,20-24,27,29,31-57H2,1-3H3,(H,67,68)/b10-7-,19-16-,28-25-,30-26-. The Morgan fingerprint density at radius 1 is 0.392 bits per heavy atom. The summed E-state index contributed by atoms with van der Waals surface area (Å²) in [6, 6.07) is 0. The number of hydrogen-bond donors (Lipinski definition) is 2. The Morgan fingerprint density at radius 3 is 1.09 bits per heavy atom. The number of rotatable bonds is 57. The number of unbranched alkanes of at least 4 members (excludes halogenated alkanes) is 32. The topological polar surface area (TPSA) is 155 Å². The first kappa shape index (κ1) is 71.4. The Balaban J connectivity index is 4.71. The maximum Gasteiger partial charge on any atom is 0.472 e. The van der Waals surface area contributed by atoms with E-state index >= 15 is 0 Å². The van der Waals surface area contributed by atoms with Crippen LogP contribution >= 0.6 is 7.82 Å². The third-order valence-electron chi connectivity index (χ3n) is 13.2. The van der Waals surface area contributed by atoms with Gasteiger partial charge in [-0.25, -0.2) is 4.57 Å². The molecule has 0 aliphatic heterocycles. The largest absolute Gasteiger partial charge is 0.472 e. The van der Waals surface area contributed by atoms with Crippen molar-refractivity contribution in [2.24, 2.45) is 0 Å². The van der Waals surface area contributed by atoms with E-state index in [0.717, 1.165) is 116 Å². The van der Waals surface area contributed by atoms with Gasteiger partial charge in [-0.2, -0.15) is 0 Å². The summed E-state index contributed by atoms with van der Waals surface area (Å²) in [5.41, 5.74) is 0. The second-order valence-electron chi connectivity index (χ2n) is 20.5. The van der Waals surface area contributed by atoms with Crippen LogP contribution in [0.3, 0.4) is 0 Å². The van der Waals surface area contributed by atoms with E-state index < -0.39 is 57.8 Å². The average molecular weight is 1070 g/mol. The lowest BCUT2D eigenvalue weighted by Gasteiger charge is -2.21. The summed E-state index contributed by atoms with van der Waals surface area (Å²) in [6.07, 6.45) is 60.6. The molecule has 0 spiro atoms. The molecule has 0 bridgehead atoms. The lowest BCUT2D eigenvalue weighted by atomic mass is 10.0. The number of esters is 3. The molecule has 3 atom stereocenters. The molecule has 0 rings (SSSR count). The molecule has 0 aromatic heterocycles. The van der Waals surface area contributed by atoms with Gasteiger partial charge in [0.15, 0.2) is 6.10 Å². The second-order valence-corrected chi connectivity index (χ2v) is 21.9. The van der Waals surface area contributed by atoms with Gasteiger partial charge in [0.25, 0.3) is 0 Å². The van der Waals surface area contributed by atoms with Gasteiger partial charge >= 0.3 is 25.7 Å². The fraction of sp³-hybridized carbons (Fsp3) is 0.823. The number of aliphatic hydroxyl groups excluding tert-OH is 1. The minimum atomic E-state index is -4.75. The highest BCUT2D eigenvalue weighted by Gasteiger charge is 2.28. The van der Waals surface area contributed by atoms with E-state index in [1.807, 2.05) is 0 Å². The molecule has 0 fully saturated rings. The molecule has 3 unspecified atom stereocenters. The van der Waals surface area contributed by atoms with E-state index in [0.29, 0.717) is 19.3 Å². The van der Waals surface area contributed by atoms with Gasteiger partial charge in [-0.3, -0.25) is 23.4 Å². The first-order chi connectivity index (χ1) is 36.2. The van der Waals surface area contributed by atoms with Crippen LogP contribution in [0.4, 0.5) is 0 Å². The highest BCUT2D eigenvalue weighted by Crippen LogP contribution is 2.43. The fourth-order valence-electron chi connectivity index (χ4n) is 8.60. The van der Waals surface area contributed by atoms with Crippen LogP contribution in [0.5, 0.6) is 0 Å². The number of carbonyl (C=O) groups is 3. The zero-order valence-electron chi connectivity index (χ0n) is 47.8. The van der Waals surface area contributed by atoms with Crippen molar-refractivity contribution in [2.75, 3.05) is 26.4 Å². The van der Waals surface area contributed by atoms with E-state index in [1.165, 1.54) is 116 Å². The summed E-state index contributed by atoms with van der Waals surface area (Å²) in [4.78, 5) is 48.6. The van der Waals surface area contributed by atoms with Crippen LogP contribution in [0, 0.1) is 0 Å². The van der Waals surface area contributed by atoms with Crippen molar-refractivity contribution < 1.29 is 52.2 Å². The summed E-state index contributed by atoms with van der Waals surface area (Å²) in [5, 5.41) is 9.83. The summed E-state index contributed by atoms with van der Waals surface area (Å²) < 4.78 is 39.6. The molecule has 0 saturated heterocycles. The van der Waals surface area contributed by atoms with Crippen molar-refractivity contribution >= 4 is 25.7 Å². The second kappa shape index (κ2) is 56.6. The van der Waals surface area contributed by atoms with Crippen molar-refractivity contribution in [3.63, 3.8) is 0 Å². The number of carbonyl (C=O) groups excluding carboxylic acids is 3. The number of aliphatic hydroxyl groups is 1. The van der Waals surface area contributed by atoms with E-state index in [-0.39, 0.29) is 25.9 Å².